The Bertz CT molecular complexity index is 939. The number of likely N-dealkylation sites (N-methyl/N-ethyl adjacent to an activating group) is 1. The average Bonchev–Trinajstić information content (AvgIpc) is 3.13. The first-order valence-corrected chi connectivity index (χ1v) is 11.2. The molecule has 1 aromatic carbocycles. The molecule has 0 radical (unpaired) electrons. The minimum atomic E-state index is -3.57. The first-order valence-electron chi connectivity index (χ1n) is 9.75. The lowest BCUT2D eigenvalue weighted by molar-refractivity contribution is -0.133. The number of rotatable bonds is 6. The third-order valence-corrected chi connectivity index (χ3v) is 7.41. The Balaban J connectivity index is 1.60. The monoisotopic (exact) mass is 419 g/mol. The maximum Gasteiger partial charge on any atom is 0.243 e. The number of carbonyl (C=O) groups is 1. The molecule has 8 heteroatoms. The van der Waals surface area contributed by atoms with Crippen LogP contribution < -0.4 is 0 Å². The minimum Gasteiger partial charge on any atom is -0.468 e. The highest BCUT2D eigenvalue weighted by Crippen LogP contribution is 2.26. The van der Waals surface area contributed by atoms with Crippen LogP contribution in [0, 0.1) is 20.8 Å². The van der Waals surface area contributed by atoms with Crippen molar-refractivity contribution in [3.63, 3.8) is 0 Å². The lowest BCUT2D eigenvalue weighted by Gasteiger charge is -2.35. The predicted molar refractivity (Wildman–Crippen MR) is 111 cm³/mol. The van der Waals surface area contributed by atoms with Crippen molar-refractivity contribution >= 4 is 15.9 Å². The number of amides is 1. The molecule has 0 spiro atoms. The van der Waals surface area contributed by atoms with E-state index < -0.39 is 10.0 Å². The van der Waals surface area contributed by atoms with E-state index in [1.165, 1.54) is 4.31 Å². The Hall–Kier alpha value is -2.16. The summed E-state index contributed by atoms with van der Waals surface area (Å²) < 4.78 is 33.2. The Morgan fingerprint density at radius 2 is 1.72 bits per heavy atom. The lowest BCUT2D eigenvalue weighted by Crippen LogP contribution is -2.52. The van der Waals surface area contributed by atoms with Gasteiger partial charge >= 0.3 is 0 Å². The molecule has 2 aromatic rings. The molecule has 1 saturated heterocycles. The van der Waals surface area contributed by atoms with Crippen LogP contribution in [0.3, 0.4) is 0 Å². The maximum absolute atomic E-state index is 13.2. The topological polar surface area (TPSA) is 74.1 Å². The van der Waals surface area contributed by atoms with Gasteiger partial charge in [0.1, 0.15) is 5.76 Å². The van der Waals surface area contributed by atoms with Gasteiger partial charge in [-0.3, -0.25) is 9.69 Å². The van der Waals surface area contributed by atoms with E-state index in [1.54, 1.807) is 11.2 Å². The Kier molecular flexibility index (Phi) is 6.45. The minimum absolute atomic E-state index is 0.00111. The van der Waals surface area contributed by atoms with Gasteiger partial charge in [0, 0.05) is 26.2 Å². The van der Waals surface area contributed by atoms with Gasteiger partial charge in [-0.05, 0) is 51.1 Å². The molecule has 7 nitrogen and oxygen atoms in total. The fourth-order valence-electron chi connectivity index (χ4n) is 3.94. The van der Waals surface area contributed by atoms with Crippen LogP contribution >= 0.6 is 0 Å². The molecule has 2 heterocycles. The number of nitrogens with zero attached hydrogens (tertiary/aromatic N) is 3. The molecule has 1 amide bonds. The van der Waals surface area contributed by atoms with Gasteiger partial charge in [0.15, 0.2) is 0 Å². The van der Waals surface area contributed by atoms with Crippen molar-refractivity contribution in [3.05, 3.63) is 53.0 Å². The van der Waals surface area contributed by atoms with Gasteiger partial charge in [-0.15, -0.1) is 0 Å². The van der Waals surface area contributed by atoms with Gasteiger partial charge in [0.2, 0.25) is 15.9 Å². The predicted octanol–water partition coefficient (Wildman–Crippen LogP) is 2.17. The van der Waals surface area contributed by atoms with Crippen LogP contribution in [0.1, 0.15) is 22.5 Å². The smallest absolute Gasteiger partial charge is 0.243 e. The van der Waals surface area contributed by atoms with Crippen LogP contribution in [0.2, 0.25) is 0 Å². The summed E-state index contributed by atoms with van der Waals surface area (Å²) in [6.45, 7) is 7.87. The van der Waals surface area contributed by atoms with E-state index in [0.29, 0.717) is 37.6 Å². The van der Waals surface area contributed by atoms with E-state index in [0.717, 1.165) is 22.5 Å². The summed E-state index contributed by atoms with van der Waals surface area (Å²) in [7, 11) is -1.71. The molecule has 0 unspecified atom stereocenters. The van der Waals surface area contributed by atoms with E-state index in [4.69, 9.17) is 4.42 Å². The second-order valence-electron chi connectivity index (χ2n) is 7.76. The second kappa shape index (κ2) is 8.69. The number of sulfonamides is 1. The van der Waals surface area contributed by atoms with Crippen molar-refractivity contribution in [2.45, 2.75) is 32.2 Å². The standard InChI is InChI=1S/C21H29N3O4S/c1-16-12-17(2)21(18(3)13-16)29(26,27)24-9-7-23(8-10-24)20(25)15-22(4)14-19-6-5-11-28-19/h5-6,11-13H,7-10,14-15H2,1-4H3. The summed E-state index contributed by atoms with van der Waals surface area (Å²) >= 11 is 0. The average molecular weight is 420 g/mol. The van der Waals surface area contributed by atoms with Crippen molar-refractivity contribution in [3.8, 4) is 0 Å². The normalized spacial score (nSPS) is 15.8. The van der Waals surface area contributed by atoms with Crippen molar-refractivity contribution in [2.75, 3.05) is 39.8 Å². The van der Waals surface area contributed by atoms with E-state index in [1.807, 2.05) is 57.0 Å². The van der Waals surface area contributed by atoms with Gasteiger partial charge in [0.25, 0.3) is 0 Å². The number of piperazine rings is 1. The second-order valence-corrected chi connectivity index (χ2v) is 9.64. The molecule has 0 bridgehead atoms. The van der Waals surface area contributed by atoms with Gasteiger partial charge in [-0.2, -0.15) is 4.31 Å². The zero-order valence-electron chi connectivity index (χ0n) is 17.5. The molecule has 1 fully saturated rings. The molecule has 0 saturated carbocycles. The van der Waals surface area contributed by atoms with Crippen LogP contribution in [0.4, 0.5) is 0 Å². The SMILES string of the molecule is Cc1cc(C)c(S(=O)(=O)N2CCN(C(=O)CN(C)Cc3ccco3)CC2)c(C)c1. The van der Waals surface area contributed by atoms with Crippen LogP contribution in [-0.2, 0) is 21.4 Å². The van der Waals surface area contributed by atoms with Crippen molar-refractivity contribution < 1.29 is 17.6 Å². The molecule has 1 aliphatic heterocycles. The summed E-state index contributed by atoms with van der Waals surface area (Å²) in [4.78, 5) is 16.6. The van der Waals surface area contributed by atoms with Crippen LogP contribution in [0.15, 0.2) is 39.8 Å². The molecule has 1 aromatic heterocycles. The molecule has 29 heavy (non-hydrogen) atoms. The van der Waals surface area contributed by atoms with Gasteiger partial charge in [-0.1, -0.05) is 17.7 Å². The number of benzene rings is 1. The molecule has 0 aliphatic carbocycles. The zero-order valence-corrected chi connectivity index (χ0v) is 18.3. The molecule has 158 valence electrons. The van der Waals surface area contributed by atoms with E-state index in [2.05, 4.69) is 0 Å². The summed E-state index contributed by atoms with van der Waals surface area (Å²) in [5, 5.41) is 0. The highest BCUT2D eigenvalue weighted by Gasteiger charge is 2.32. The third kappa shape index (κ3) is 4.88. The summed E-state index contributed by atoms with van der Waals surface area (Å²) in [5.74, 6) is 0.804. The molecule has 0 N–H and O–H groups in total. The van der Waals surface area contributed by atoms with E-state index >= 15 is 0 Å². The number of furan rings is 1. The maximum atomic E-state index is 13.2. The van der Waals surface area contributed by atoms with Crippen LogP contribution in [0.5, 0.6) is 0 Å². The fraction of sp³-hybridized carbons (Fsp3) is 0.476. The Morgan fingerprint density at radius 3 is 2.28 bits per heavy atom. The van der Waals surface area contributed by atoms with Crippen molar-refractivity contribution in [1.82, 2.24) is 14.1 Å². The Labute approximate surface area is 172 Å². The zero-order chi connectivity index (χ0) is 21.2. The summed E-state index contributed by atoms with van der Waals surface area (Å²) in [6.07, 6.45) is 1.61. The molecule has 3 rings (SSSR count). The van der Waals surface area contributed by atoms with Gasteiger partial charge < -0.3 is 9.32 Å². The van der Waals surface area contributed by atoms with Crippen LogP contribution in [0.25, 0.3) is 0 Å². The quantitative estimate of drug-likeness (QED) is 0.717. The van der Waals surface area contributed by atoms with Crippen molar-refractivity contribution in [1.29, 1.82) is 0 Å². The summed E-state index contributed by atoms with van der Waals surface area (Å²) in [5.41, 5.74) is 2.58. The fourth-order valence-corrected chi connectivity index (χ4v) is 5.77. The lowest BCUT2D eigenvalue weighted by atomic mass is 10.1. The highest BCUT2D eigenvalue weighted by molar-refractivity contribution is 7.89. The number of carbonyl (C=O) groups excluding carboxylic acids is 1. The first-order chi connectivity index (χ1) is 13.7. The Morgan fingerprint density at radius 1 is 1.10 bits per heavy atom. The number of hydrogen-bond acceptors (Lipinski definition) is 5. The highest BCUT2D eigenvalue weighted by atomic mass is 32.2. The molecular weight excluding hydrogens is 390 g/mol. The molecule has 1 aliphatic rings. The number of hydrogen-bond donors (Lipinski definition) is 0. The van der Waals surface area contributed by atoms with Gasteiger partial charge in [0.05, 0.1) is 24.2 Å². The molecule has 0 atom stereocenters. The van der Waals surface area contributed by atoms with Gasteiger partial charge in [-0.25, -0.2) is 8.42 Å². The molecular formula is C21H29N3O4S. The summed E-state index contributed by atoms with van der Waals surface area (Å²) in [6, 6.07) is 7.49. The number of aryl methyl sites for hydroxylation is 3. The van der Waals surface area contributed by atoms with E-state index in [9.17, 15) is 13.2 Å². The van der Waals surface area contributed by atoms with Crippen LogP contribution in [-0.4, -0.2) is 68.2 Å². The third-order valence-electron chi connectivity index (χ3n) is 5.20. The first kappa shape index (κ1) is 21.5. The van der Waals surface area contributed by atoms with E-state index in [-0.39, 0.29) is 12.5 Å². The largest absolute Gasteiger partial charge is 0.468 e. The van der Waals surface area contributed by atoms with Crippen molar-refractivity contribution in [2.24, 2.45) is 0 Å².